The van der Waals surface area contributed by atoms with Crippen molar-refractivity contribution in [1.82, 2.24) is 9.97 Å². The summed E-state index contributed by atoms with van der Waals surface area (Å²) in [5.74, 6) is 5.72. The maximum absolute atomic E-state index is 5.13. The van der Waals surface area contributed by atoms with Crippen LogP contribution in [0.1, 0.15) is 5.69 Å². The van der Waals surface area contributed by atoms with E-state index in [4.69, 9.17) is 10.6 Å². The van der Waals surface area contributed by atoms with Gasteiger partial charge in [0.25, 0.3) is 0 Å². The Kier molecular flexibility index (Phi) is 2.76. The second-order valence-electron chi connectivity index (χ2n) is 1.97. The predicted octanol–water partition coefficient (Wildman–Crippen LogP) is -0.0914. The van der Waals surface area contributed by atoms with Crippen molar-refractivity contribution in [3.8, 4) is 0 Å². The van der Waals surface area contributed by atoms with Crippen LogP contribution < -0.4 is 11.3 Å². The molecular weight excluding hydrogens is 144 g/mol. The highest BCUT2D eigenvalue weighted by molar-refractivity contribution is 5.32. The van der Waals surface area contributed by atoms with Crippen LogP contribution in [0.2, 0.25) is 0 Å². The molecule has 0 spiro atoms. The van der Waals surface area contributed by atoms with E-state index in [1.54, 1.807) is 13.2 Å². The van der Waals surface area contributed by atoms with E-state index >= 15 is 0 Å². The fourth-order valence-corrected chi connectivity index (χ4v) is 0.703. The van der Waals surface area contributed by atoms with Gasteiger partial charge in [-0.25, -0.2) is 15.8 Å². The molecule has 1 aromatic rings. The van der Waals surface area contributed by atoms with E-state index in [1.807, 2.05) is 0 Å². The molecule has 0 saturated carbocycles. The van der Waals surface area contributed by atoms with Gasteiger partial charge in [0.05, 0.1) is 12.3 Å². The molecule has 0 amide bonds. The number of hydrazine groups is 1. The zero-order chi connectivity index (χ0) is 8.10. The fraction of sp³-hybridized carbons (Fsp3) is 0.333. The summed E-state index contributed by atoms with van der Waals surface area (Å²) in [6, 6.07) is 1.73. The Labute approximate surface area is 64.6 Å². The third-order valence-electron chi connectivity index (χ3n) is 1.16. The lowest BCUT2D eigenvalue weighted by molar-refractivity contribution is 0.181. The number of nitrogens with zero attached hydrogens (tertiary/aromatic N) is 2. The zero-order valence-electron chi connectivity index (χ0n) is 6.24. The Hall–Kier alpha value is -1.20. The second-order valence-corrected chi connectivity index (χ2v) is 1.97. The minimum atomic E-state index is 0.469. The molecule has 11 heavy (non-hydrogen) atoms. The van der Waals surface area contributed by atoms with Gasteiger partial charge in [0.2, 0.25) is 0 Å². The molecule has 5 nitrogen and oxygen atoms in total. The van der Waals surface area contributed by atoms with Crippen LogP contribution in [0.15, 0.2) is 12.4 Å². The molecule has 1 aromatic heterocycles. The topological polar surface area (TPSA) is 73.1 Å². The molecule has 5 heteroatoms. The Morgan fingerprint density at radius 3 is 3.09 bits per heavy atom. The number of rotatable bonds is 3. The Morgan fingerprint density at radius 1 is 1.64 bits per heavy atom. The molecule has 0 saturated heterocycles. The number of nitrogens with two attached hydrogens (primary N) is 1. The Bertz CT molecular complexity index is 228. The molecule has 0 aromatic carbocycles. The molecule has 0 aliphatic rings. The molecular formula is C6H10N4O. The standard InChI is InChI=1S/C6H10N4O/c1-11-3-5-2-6(10-7)9-4-8-5/h2,4H,3,7H2,1H3,(H,8,9,10). The van der Waals surface area contributed by atoms with Crippen LogP contribution in [-0.2, 0) is 11.3 Å². The molecule has 1 rings (SSSR count). The predicted molar refractivity (Wildman–Crippen MR) is 40.6 cm³/mol. The van der Waals surface area contributed by atoms with Gasteiger partial charge in [-0.1, -0.05) is 0 Å². The molecule has 0 unspecified atom stereocenters. The molecule has 0 fully saturated rings. The van der Waals surface area contributed by atoms with E-state index in [9.17, 15) is 0 Å². The van der Waals surface area contributed by atoms with Crippen LogP contribution >= 0.6 is 0 Å². The third-order valence-corrected chi connectivity index (χ3v) is 1.16. The van der Waals surface area contributed by atoms with E-state index in [1.165, 1.54) is 6.33 Å². The first-order valence-corrected chi connectivity index (χ1v) is 3.13. The summed E-state index contributed by atoms with van der Waals surface area (Å²) in [6.07, 6.45) is 1.43. The summed E-state index contributed by atoms with van der Waals surface area (Å²) in [7, 11) is 1.61. The lowest BCUT2D eigenvalue weighted by Gasteiger charge is -2.00. The molecule has 3 N–H and O–H groups in total. The van der Waals surface area contributed by atoms with Crippen molar-refractivity contribution in [3.63, 3.8) is 0 Å². The number of hydrogen-bond acceptors (Lipinski definition) is 5. The van der Waals surface area contributed by atoms with E-state index in [-0.39, 0.29) is 0 Å². The SMILES string of the molecule is COCc1cc(NN)ncn1. The van der Waals surface area contributed by atoms with Gasteiger partial charge in [0.1, 0.15) is 12.1 Å². The number of methoxy groups -OCH3 is 1. The number of nitrogens with one attached hydrogen (secondary N) is 1. The van der Waals surface area contributed by atoms with Gasteiger partial charge in [0.15, 0.2) is 0 Å². The first-order valence-electron chi connectivity index (χ1n) is 3.13. The van der Waals surface area contributed by atoms with Gasteiger partial charge >= 0.3 is 0 Å². The van der Waals surface area contributed by atoms with Crippen molar-refractivity contribution in [2.45, 2.75) is 6.61 Å². The number of hydrogen-bond donors (Lipinski definition) is 2. The van der Waals surface area contributed by atoms with E-state index in [0.717, 1.165) is 5.69 Å². The molecule has 0 bridgehead atoms. The zero-order valence-corrected chi connectivity index (χ0v) is 6.24. The average Bonchev–Trinajstić information content (AvgIpc) is 2.06. The van der Waals surface area contributed by atoms with E-state index in [0.29, 0.717) is 12.4 Å². The van der Waals surface area contributed by atoms with Crippen molar-refractivity contribution < 1.29 is 4.74 Å². The van der Waals surface area contributed by atoms with Crippen molar-refractivity contribution in [3.05, 3.63) is 18.1 Å². The average molecular weight is 154 g/mol. The smallest absolute Gasteiger partial charge is 0.143 e. The molecule has 1 heterocycles. The van der Waals surface area contributed by atoms with Gasteiger partial charge < -0.3 is 10.2 Å². The monoisotopic (exact) mass is 154 g/mol. The highest BCUT2D eigenvalue weighted by atomic mass is 16.5. The molecule has 0 atom stereocenters. The van der Waals surface area contributed by atoms with Crippen LogP contribution in [0.4, 0.5) is 5.82 Å². The summed E-state index contributed by atoms with van der Waals surface area (Å²) in [4.78, 5) is 7.78. The van der Waals surface area contributed by atoms with Crippen LogP contribution in [0.5, 0.6) is 0 Å². The highest BCUT2D eigenvalue weighted by Crippen LogP contribution is 2.01. The second kappa shape index (κ2) is 3.85. The number of nitrogen functional groups attached to an aromatic ring is 1. The molecule has 0 radical (unpaired) electrons. The van der Waals surface area contributed by atoms with Gasteiger partial charge in [-0.2, -0.15) is 0 Å². The number of aromatic nitrogens is 2. The van der Waals surface area contributed by atoms with Crippen molar-refractivity contribution >= 4 is 5.82 Å². The van der Waals surface area contributed by atoms with Crippen molar-refractivity contribution in [2.75, 3.05) is 12.5 Å². The van der Waals surface area contributed by atoms with Gasteiger partial charge in [0, 0.05) is 13.2 Å². The summed E-state index contributed by atoms with van der Waals surface area (Å²) >= 11 is 0. The molecule has 60 valence electrons. The largest absolute Gasteiger partial charge is 0.378 e. The fourth-order valence-electron chi connectivity index (χ4n) is 0.703. The summed E-state index contributed by atoms with van der Waals surface area (Å²) in [5, 5.41) is 0. The van der Waals surface area contributed by atoms with Gasteiger partial charge in [-0.15, -0.1) is 0 Å². The van der Waals surface area contributed by atoms with Crippen molar-refractivity contribution in [1.29, 1.82) is 0 Å². The highest BCUT2D eigenvalue weighted by Gasteiger charge is 1.94. The third kappa shape index (κ3) is 2.14. The van der Waals surface area contributed by atoms with Crippen LogP contribution in [0, 0.1) is 0 Å². The Morgan fingerprint density at radius 2 is 2.45 bits per heavy atom. The first-order chi connectivity index (χ1) is 5.36. The van der Waals surface area contributed by atoms with Gasteiger partial charge in [-0.3, -0.25) is 0 Å². The lowest BCUT2D eigenvalue weighted by atomic mass is 10.4. The number of ether oxygens (including phenoxy) is 1. The van der Waals surface area contributed by atoms with Gasteiger partial charge in [-0.05, 0) is 0 Å². The lowest BCUT2D eigenvalue weighted by Crippen LogP contribution is -2.09. The van der Waals surface area contributed by atoms with Crippen LogP contribution in [-0.4, -0.2) is 17.1 Å². The van der Waals surface area contributed by atoms with Crippen molar-refractivity contribution in [2.24, 2.45) is 5.84 Å². The van der Waals surface area contributed by atoms with E-state index < -0.39 is 0 Å². The first kappa shape index (κ1) is 7.90. The normalized spacial score (nSPS) is 9.64. The maximum atomic E-state index is 5.13. The minimum Gasteiger partial charge on any atom is -0.378 e. The summed E-state index contributed by atoms with van der Waals surface area (Å²) in [6.45, 7) is 0.469. The summed E-state index contributed by atoms with van der Waals surface area (Å²) < 4.78 is 4.87. The minimum absolute atomic E-state index is 0.469. The molecule has 0 aliphatic carbocycles. The molecule has 0 aliphatic heterocycles. The quantitative estimate of drug-likeness (QED) is 0.470. The van der Waals surface area contributed by atoms with E-state index in [2.05, 4.69) is 15.4 Å². The van der Waals surface area contributed by atoms with Crippen LogP contribution in [0.3, 0.4) is 0 Å². The van der Waals surface area contributed by atoms with Crippen LogP contribution in [0.25, 0.3) is 0 Å². The summed E-state index contributed by atoms with van der Waals surface area (Å²) in [5.41, 5.74) is 3.22. The Balaban J connectivity index is 2.74. The maximum Gasteiger partial charge on any atom is 0.143 e. The number of anilines is 1.